The maximum Gasteiger partial charge on any atom is 0.0556 e. The van der Waals surface area contributed by atoms with Gasteiger partial charge in [0.25, 0.3) is 0 Å². The number of hydrogen-bond acceptors (Lipinski definition) is 2. The number of benzene rings is 2. The van der Waals surface area contributed by atoms with Crippen molar-refractivity contribution in [3.8, 4) is 11.1 Å². The number of H-pyrrole nitrogens is 1. The molecule has 1 aliphatic carbocycles. The largest absolute Gasteiger partial charge is 0.395 e. The maximum absolute atomic E-state index is 9.12. The molecule has 0 saturated heterocycles. The minimum absolute atomic E-state index is 0.184. The fraction of sp³-hybridized carbons (Fsp3) is 0.333. The number of aliphatic hydroxyl groups excluding tert-OH is 1. The fourth-order valence-corrected chi connectivity index (χ4v) is 3.98. The number of fused-ring (bicyclic) bond motifs is 3. The first-order valence-corrected chi connectivity index (χ1v) is 8.82. The highest BCUT2D eigenvalue weighted by molar-refractivity contribution is 5.92. The van der Waals surface area contributed by atoms with E-state index in [1.807, 2.05) is 0 Å². The molecule has 0 spiro atoms. The normalized spacial score (nSPS) is 17.2. The average molecular weight is 320 g/mol. The van der Waals surface area contributed by atoms with Gasteiger partial charge in [0.15, 0.2) is 0 Å². The van der Waals surface area contributed by atoms with Crippen molar-refractivity contribution in [2.45, 2.75) is 32.2 Å². The summed E-state index contributed by atoms with van der Waals surface area (Å²) in [5.74, 6) is 0. The van der Waals surface area contributed by atoms with Crippen molar-refractivity contribution >= 4 is 10.9 Å². The molecule has 2 aromatic carbocycles. The summed E-state index contributed by atoms with van der Waals surface area (Å²) in [6.45, 7) is 3.02. The van der Waals surface area contributed by atoms with Crippen LogP contribution >= 0.6 is 0 Å². The lowest BCUT2D eigenvalue weighted by Gasteiger charge is -2.23. The molecule has 3 nitrogen and oxygen atoms in total. The molecule has 0 aliphatic heterocycles. The van der Waals surface area contributed by atoms with Gasteiger partial charge in [0.2, 0.25) is 0 Å². The topological polar surface area (TPSA) is 48.0 Å². The lowest BCUT2D eigenvalue weighted by atomic mass is 9.90. The van der Waals surface area contributed by atoms with Crippen LogP contribution in [0.3, 0.4) is 0 Å². The van der Waals surface area contributed by atoms with E-state index >= 15 is 0 Å². The monoisotopic (exact) mass is 320 g/mol. The number of hydrogen-bond donors (Lipinski definition) is 3. The first kappa shape index (κ1) is 15.4. The quantitative estimate of drug-likeness (QED) is 0.678. The molecule has 0 saturated carbocycles. The van der Waals surface area contributed by atoms with Gasteiger partial charge in [-0.1, -0.05) is 30.3 Å². The molecule has 3 N–H and O–H groups in total. The number of aliphatic hydroxyl groups is 1. The molecule has 124 valence electrons. The third-order valence-electron chi connectivity index (χ3n) is 5.12. The highest BCUT2D eigenvalue weighted by Gasteiger charge is 2.24. The zero-order chi connectivity index (χ0) is 16.5. The zero-order valence-electron chi connectivity index (χ0n) is 14.1. The molecular weight excluding hydrogens is 296 g/mol. The van der Waals surface area contributed by atoms with Crippen LogP contribution in [0, 0.1) is 6.92 Å². The van der Waals surface area contributed by atoms with E-state index < -0.39 is 0 Å². The van der Waals surface area contributed by atoms with Crippen molar-refractivity contribution in [2.75, 3.05) is 13.2 Å². The summed E-state index contributed by atoms with van der Waals surface area (Å²) in [6.07, 6.45) is 3.45. The van der Waals surface area contributed by atoms with E-state index in [-0.39, 0.29) is 6.61 Å². The van der Waals surface area contributed by atoms with E-state index in [9.17, 15) is 0 Å². The number of aromatic nitrogens is 1. The Balaban J connectivity index is 1.83. The predicted molar refractivity (Wildman–Crippen MR) is 99.2 cm³/mol. The minimum atomic E-state index is 0.184. The molecule has 0 amide bonds. The van der Waals surface area contributed by atoms with Crippen LogP contribution in [0.1, 0.15) is 35.7 Å². The molecule has 0 bridgehead atoms. The van der Waals surface area contributed by atoms with Crippen LogP contribution in [0.4, 0.5) is 0 Å². The Morgan fingerprint density at radius 2 is 2.00 bits per heavy atom. The summed E-state index contributed by atoms with van der Waals surface area (Å²) < 4.78 is 0. The molecule has 24 heavy (non-hydrogen) atoms. The maximum atomic E-state index is 9.12. The second kappa shape index (κ2) is 6.42. The Kier molecular flexibility index (Phi) is 4.13. The molecule has 0 unspecified atom stereocenters. The highest BCUT2D eigenvalue weighted by atomic mass is 16.3. The third kappa shape index (κ3) is 2.64. The standard InChI is InChI=1S/C21H24N2O/c1-14-12-16(15-6-3-2-4-7-15)13-18-17-8-5-9-19(22-10-11-24)21(17)23-20(14)18/h2-4,6-7,12-13,19,22-24H,5,8-11H2,1H3/t19-/m1/s1. The number of nitrogens with one attached hydrogen (secondary N) is 2. The van der Waals surface area contributed by atoms with Crippen molar-refractivity contribution in [2.24, 2.45) is 0 Å². The number of rotatable bonds is 4. The molecule has 3 aromatic rings. The van der Waals surface area contributed by atoms with Gasteiger partial charge in [0.05, 0.1) is 6.61 Å². The highest BCUT2D eigenvalue weighted by Crippen LogP contribution is 2.37. The molecule has 3 heteroatoms. The van der Waals surface area contributed by atoms with Gasteiger partial charge in [0, 0.05) is 29.2 Å². The third-order valence-corrected chi connectivity index (χ3v) is 5.12. The van der Waals surface area contributed by atoms with Gasteiger partial charge < -0.3 is 15.4 Å². The van der Waals surface area contributed by atoms with Gasteiger partial charge in [0.1, 0.15) is 0 Å². The Bertz CT molecular complexity index is 851. The number of aromatic amines is 1. The number of aryl methyl sites for hydroxylation is 2. The molecule has 4 rings (SSSR count). The van der Waals surface area contributed by atoms with Gasteiger partial charge in [-0.15, -0.1) is 0 Å². The summed E-state index contributed by atoms with van der Waals surface area (Å²) in [5.41, 5.74) is 7.88. The lowest BCUT2D eigenvalue weighted by molar-refractivity contribution is 0.280. The van der Waals surface area contributed by atoms with Crippen LogP contribution in [-0.4, -0.2) is 23.2 Å². The van der Waals surface area contributed by atoms with E-state index in [0.29, 0.717) is 12.6 Å². The first-order chi connectivity index (χ1) is 11.8. The smallest absolute Gasteiger partial charge is 0.0556 e. The van der Waals surface area contributed by atoms with Gasteiger partial charge in [-0.3, -0.25) is 0 Å². The molecule has 0 radical (unpaired) electrons. The Morgan fingerprint density at radius 1 is 1.17 bits per heavy atom. The summed E-state index contributed by atoms with van der Waals surface area (Å²) >= 11 is 0. The van der Waals surface area contributed by atoms with Gasteiger partial charge in [-0.25, -0.2) is 0 Å². The zero-order valence-corrected chi connectivity index (χ0v) is 14.1. The van der Waals surface area contributed by atoms with Crippen molar-refractivity contribution < 1.29 is 5.11 Å². The molecule has 0 fully saturated rings. The van der Waals surface area contributed by atoms with E-state index in [2.05, 4.69) is 59.7 Å². The van der Waals surface area contributed by atoms with Crippen LogP contribution in [0.2, 0.25) is 0 Å². The summed E-state index contributed by atoms with van der Waals surface area (Å²) in [7, 11) is 0. The molecule has 1 heterocycles. The van der Waals surface area contributed by atoms with E-state index in [1.165, 1.54) is 45.3 Å². The summed E-state index contributed by atoms with van der Waals surface area (Å²) in [4.78, 5) is 3.68. The van der Waals surface area contributed by atoms with Crippen molar-refractivity contribution in [3.63, 3.8) is 0 Å². The average Bonchev–Trinajstić information content (AvgIpc) is 3.01. The summed E-state index contributed by atoms with van der Waals surface area (Å²) in [5, 5.41) is 14.0. The summed E-state index contributed by atoms with van der Waals surface area (Å²) in [6, 6.07) is 15.5. The Hall–Kier alpha value is -2.10. The molecule has 1 aliphatic rings. The molecule has 1 aromatic heterocycles. The van der Waals surface area contributed by atoms with Crippen molar-refractivity contribution in [1.82, 2.24) is 10.3 Å². The Labute approximate surface area is 142 Å². The van der Waals surface area contributed by atoms with E-state index in [0.717, 1.165) is 12.8 Å². The van der Waals surface area contributed by atoms with Crippen LogP contribution in [0.15, 0.2) is 42.5 Å². The van der Waals surface area contributed by atoms with Crippen LogP contribution < -0.4 is 5.32 Å². The first-order valence-electron chi connectivity index (χ1n) is 8.82. The van der Waals surface area contributed by atoms with Crippen molar-refractivity contribution in [3.05, 3.63) is 59.3 Å². The minimum Gasteiger partial charge on any atom is -0.395 e. The second-order valence-electron chi connectivity index (χ2n) is 6.72. The second-order valence-corrected chi connectivity index (χ2v) is 6.72. The fourth-order valence-electron chi connectivity index (χ4n) is 3.98. The van der Waals surface area contributed by atoms with E-state index in [1.54, 1.807) is 0 Å². The lowest BCUT2D eigenvalue weighted by Crippen LogP contribution is -2.27. The Morgan fingerprint density at radius 3 is 2.79 bits per heavy atom. The van der Waals surface area contributed by atoms with Crippen LogP contribution in [0.5, 0.6) is 0 Å². The van der Waals surface area contributed by atoms with Crippen LogP contribution in [-0.2, 0) is 6.42 Å². The van der Waals surface area contributed by atoms with Gasteiger partial charge >= 0.3 is 0 Å². The van der Waals surface area contributed by atoms with Crippen LogP contribution in [0.25, 0.3) is 22.0 Å². The van der Waals surface area contributed by atoms with Gasteiger partial charge in [-0.2, -0.15) is 0 Å². The van der Waals surface area contributed by atoms with Gasteiger partial charge in [-0.05, 0) is 60.6 Å². The van der Waals surface area contributed by atoms with E-state index in [4.69, 9.17) is 5.11 Å². The SMILES string of the molecule is Cc1cc(-c2ccccc2)cc2c3c([nH]c12)[C@H](NCCO)CCC3. The molecule has 1 atom stereocenters. The van der Waals surface area contributed by atoms with Crippen molar-refractivity contribution in [1.29, 1.82) is 0 Å². The molecular formula is C21H24N2O. The predicted octanol–water partition coefficient (Wildman–Crippen LogP) is 4.10.